The van der Waals surface area contributed by atoms with Gasteiger partial charge in [-0.05, 0) is 25.7 Å². The van der Waals surface area contributed by atoms with Gasteiger partial charge in [0.05, 0.1) is 11.9 Å². The lowest BCUT2D eigenvalue weighted by atomic mass is 9.75. The minimum absolute atomic E-state index is 0.198. The zero-order chi connectivity index (χ0) is 10.6. The van der Waals surface area contributed by atoms with Crippen LogP contribution in [0, 0.1) is 5.92 Å². The summed E-state index contributed by atoms with van der Waals surface area (Å²) >= 11 is 5.99. The second-order valence-electron chi connectivity index (χ2n) is 4.78. The molecule has 0 spiro atoms. The van der Waals surface area contributed by atoms with E-state index in [0.717, 1.165) is 18.2 Å². The van der Waals surface area contributed by atoms with Gasteiger partial charge in [0.15, 0.2) is 0 Å². The first kappa shape index (κ1) is 9.21. The van der Waals surface area contributed by atoms with Gasteiger partial charge in [-0.3, -0.25) is 4.79 Å². The molecule has 5 heteroatoms. The lowest BCUT2D eigenvalue weighted by Crippen LogP contribution is -2.43. The highest BCUT2D eigenvalue weighted by Gasteiger charge is 2.53. The molecular formula is C10H12ClN3O. The number of nitrogens with zero attached hydrogens (tertiary/aromatic N) is 2. The Balaban J connectivity index is 2.07. The highest BCUT2D eigenvalue weighted by molar-refractivity contribution is 6.33. The predicted molar refractivity (Wildman–Crippen MR) is 58.3 cm³/mol. The topological polar surface area (TPSA) is 49.0 Å². The van der Waals surface area contributed by atoms with Crippen molar-refractivity contribution in [3.63, 3.8) is 0 Å². The van der Waals surface area contributed by atoms with E-state index in [9.17, 15) is 4.79 Å². The third-order valence-electron chi connectivity index (χ3n) is 3.62. The minimum Gasteiger partial charge on any atom is -0.363 e. The highest BCUT2D eigenvalue weighted by Crippen LogP contribution is 2.52. The van der Waals surface area contributed by atoms with Gasteiger partial charge >= 0.3 is 0 Å². The van der Waals surface area contributed by atoms with E-state index in [-0.39, 0.29) is 16.1 Å². The van der Waals surface area contributed by atoms with Crippen LogP contribution in [0.1, 0.15) is 19.8 Å². The monoisotopic (exact) mass is 225 g/mol. The fourth-order valence-corrected chi connectivity index (χ4v) is 3.16. The molecule has 4 nitrogen and oxygen atoms in total. The molecule has 3 fully saturated rings. The molecule has 2 aliphatic heterocycles. The van der Waals surface area contributed by atoms with Crippen molar-refractivity contribution in [2.24, 2.45) is 5.92 Å². The van der Waals surface area contributed by atoms with Crippen molar-refractivity contribution in [1.29, 1.82) is 0 Å². The smallest absolute Gasteiger partial charge is 0.285 e. The lowest BCUT2D eigenvalue weighted by molar-refractivity contribution is 0.267. The van der Waals surface area contributed by atoms with Gasteiger partial charge < -0.3 is 4.90 Å². The molecular weight excluding hydrogens is 214 g/mol. The molecule has 0 atom stereocenters. The second-order valence-corrected chi connectivity index (χ2v) is 5.16. The summed E-state index contributed by atoms with van der Waals surface area (Å²) in [5.74, 6) is 0.769. The van der Waals surface area contributed by atoms with Crippen molar-refractivity contribution < 1.29 is 0 Å². The van der Waals surface area contributed by atoms with Gasteiger partial charge in [0.2, 0.25) is 0 Å². The maximum Gasteiger partial charge on any atom is 0.285 e. The molecule has 0 amide bonds. The molecule has 1 saturated carbocycles. The van der Waals surface area contributed by atoms with E-state index in [0.29, 0.717) is 0 Å². The second kappa shape index (κ2) is 2.76. The maximum atomic E-state index is 11.3. The zero-order valence-corrected chi connectivity index (χ0v) is 9.21. The summed E-state index contributed by atoms with van der Waals surface area (Å²) in [6, 6.07) is 0. The van der Waals surface area contributed by atoms with Gasteiger partial charge in [-0.15, -0.1) is 0 Å². The summed E-state index contributed by atoms with van der Waals surface area (Å²) < 4.78 is 0. The van der Waals surface area contributed by atoms with Crippen LogP contribution >= 0.6 is 11.6 Å². The number of aromatic amines is 1. The van der Waals surface area contributed by atoms with Gasteiger partial charge in [-0.25, -0.2) is 5.10 Å². The minimum atomic E-state index is -0.304. The maximum absolute atomic E-state index is 11.3. The van der Waals surface area contributed by atoms with Crippen molar-refractivity contribution in [2.45, 2.75) is 25.3 Å². The van der Waals surface area contributed by atoms with Crippen molar-refractivity contribution in [3.05, 3.63) is 21.6 Å². The Kier molecular flexibility index (Phi) is 1.69. The summed E-state index contributed by atoms with van der Waals surface area (Å²) in [4.78, 5) is 13.6. The third kappa shape index (κ3) is 1.14. The van der Waals surface area contributed by atoms with Crippen molar-refractivity contribution in [2.75, 3.05) is 11.4 Å². The molecule has 15 heavy (non-hydrogen) atoms. The molecule has 1 N–H and O–H groups in total. The van der Waals surface area contributed by atoms with Crippen molar-refractivity contribution >= 4 is 17.3 Å². The Morgan fingerprint density at radius 1 is 1.67 bits per heavy atom. The van der Waals surface area contributed by atoms with E-state index in [1.54, 1.807) is 6.20 Å². The van der Waals surface area contributed by atoms with E-state index in [2.05, 4.69) is 22.0 Å². The van der Waals surface area contributed by atoms with Crippen LogP contribution in [-0.2, 0) is 0 Å². The predicted octanol–water partition coefficient (Wildman–Crippen LogP) is 1.41. The van der Waals surface area contributed by atoms with Crippen LogP contribution in [0.25, 0.3) is 0 Å². The fraction of sp³-hybridized carbons (Fsp3) is 0.600. The fourth-order valence-electron chi connectivity index (χ4n) is 2.96. The molecule has 80 valence electrons. The highest BCUT2D eigenvalue weighted by atomic mass is 35.5. The van der Waals surface area contributed by atoms with Crippen molar-refractivity contribution in [3.8, 4) is 0 Å². The van der Waals surface area contributed by atoms with E-state index >= 15 is 0 Å². The normalized spacial score (nSPS) is 32.9. The number of halogens is 1. The molecule has 2 bridgehead atoms. The molecule has 4 rings (SSSR count). The number of nitrogens with one attached hydrogen (secondary N) is 1. The number of fused-ring (bicyclic) bond motifs is 1. The summed E-state index contributed by atoms with van der Waals surface area (Å²) in [5, 5.41) is 6.41. The van der Waals surface area contributed by atoms with E-state index in [1.807, 2.05) is 0 Å². The standard InChI is InChI=1S/C10H12ClN3O/c1-10-2-6(3-10)5-14(10)7-4-12-13-9(15)8(7)11/h4,6H,2-3,5H2,1H3,(H,13,15). The number of aromatic nitrogens is 2. The first-order valence-corrected chi connectivity index (χ1v) is 5.49. The van der Waals surface area contributed by atoms with Gasteiger partial charge in [0.1, 0.15) is 5.02 Å². The van der Waals surface area contributed by atoms with Crippen LogP contribution in [0.2, 0.25) is 5.02 Å². The number of H-pyrrole nitrogens is 1. The third-order valence-corrected chi connectivity index (χ3v) is 3.98. The van der Waals surface area contributed by atoms with Gasteiger partial charge in [0, 0.05) is 12.1 Å². The quantitative estimate of drug-likeness (QED) is 0.786. The van der Waals surface area contributed by atoms with E-state index < -0.39 is 0 Å². The Bertz CT molecular complexity index is 464. The Morgan fingerprint density at radius 2 is 2.40 bits per heavy atom. The number of hydrogen-bond acceptors (Lipinski definition) is 3. The van der Waals surface area contributed by atoms with Gasteiger partial charge in [-0.1, -0.05) is 11.6 Å². The molecule has 1 aromatic rings. The Labute approximate surface area is 92.2 Å². The zero-order valence-electron chi connectivity index (χ0n) is 8.46. The van der Waals surface area contributed by atoms with Crippen LogP contribution in [-0.4, -0.2) is 22.3 Å². The first-order valence-electron chi connectivity index (χ1n) is 5.11. The molecule has 0 aromatic carbocycles. The number of anilines is 1. The SMILES string of the molecule is CC12CC(CN1c1cn[nH]c(=O)c1Cl)C2. The Hall–Kier alpha value is -1.03. The van der Waals surface area contributed by atoms with Crippen LogP contribution in [0.3, 0.4) is 0 Å². The van der Waals surface area contributed by atoms with Crippen LogP contribution < -0.4 is 10.5 Å². The Morgan fingerprint density at radius 3 is 3.00 bits per heavy atom. The van der Waals surface area contributed by atoms with Crippen molar-refractivity contribution in [1.82, 2.24) is 10.2 Å². The molecule has 1 aromatic heterocycles. The summed E-state index contributed by atoms with van der Waals surface area (Å²) in [5.41, 5.74) is 0.675. The molecule has 1 aliphatic carbocycles. The number of rotatable bonds is 1. The van der Waals surface area contributed by atoms with E-state index in [1.165, 1.54) is 12.8 Å². The largest absolute Gasteiger partial charge is 0.363 e. The molecule has 0 unspecified atom stereocenters. The van der Waals surface area contributed by atoms with Crippen LogP contribution in [0.5, 0.6) is 0 Å². The molecule has 2 saturated heterocycles. The lowest BCUT2D eigenvalue weighted by Gasteiger charge is -2.39. The van der Waals surface area contributed by atoms with Gasteiger partial charge in [0.25, 0.3) is 5.56 Å². The average molecular weight is 226 g/mol. The number of hydrogen-bond donors (Lipinski definition) is 1. The van der Waals surface area contributed by atoms with Crippen LogP contribution in [0.15, 0.2) is 11.0 Å². The summed E-state index contributed by atoms with van der Waals surface area (Å²) in [7, 11) is 0. The van der Waals surface area contributed by atoms with Gasteiger partial charge in [-0.2, -0.15) is 5.10 Å². The molecule has 3 heterocycles. The molecule has 3 aliphatic rings. The van der Waals surface area contributed by atoms with Crippen LogP contribution in [0.4, 0.5) is 5.69 Å². The first-order chi connectivity index (χ1) is 7.10. The van der Waals surface area contributed by atoms with E-state index in [4.69, 9.17) is 11.6 Å². The average Bonchev–Trinajstić information content (AvgIpc) is 2.62. The molecule has 0 radical (unpaired) electrons. The summed E-state index contributed by atoms with van der Waals surface area (Å²) in [6.07, 6.45) is 4.06. The summed E-state index contributed by atoms with van der Waals surface area (Å²) in [6.45, 7) is 3.22.